The maximum atomic E-state index is 13.6. The normalized spacial score (nSPS) is 13.0. The molecule has 0 atom stereocenters. The van der Waals surface area contributed by atoms with Crippen LogP contribution in [0.3, 0.4) is 0 Å². The molecule has 2 aromatic heterocycles. The summed E-state index contributed by atoms with van der Waals surface area (Å²) in [6.07, 6.45) is 1.87. The van der Waals surface area contributed by atoms with Crippen molar-refractivity contribution in [3.05, 3.63) is 99.0 Å². The number of fused-ring (bicyclic) bond motifs is 2. The van der Waals surface area contributed by atoms with Gasteiger partial charge in [0.05, 0.1) is 39.7 Å². The molecule has 0 unspecified atom stereocenters. The van der Waals surface area contributed by atoms with Crippen molar-refractivity contribution in [1.29, 1.82) is 0 Å². The van der Waals surface area contributed by atoms with Gasteiger partial charge in [0.15, 0.2) is 0 Å². The van der Waals surface area contributed by atoms with E-state index in [2.05, 4.69) is 31.7 Å². The monoisotopic (exact) mass is 480 g/mol. The second kappa shape index (κ2) is 7.45. The molecule has 0 bridgehead atoms. The molecule has 0 aliphatic carbocycles. The zero-order chi connectivity index (χ0) is 20.8. The van der Waals surface area contributed by atoms with E-state index in [1.165, 1.54) is 0 Å². The minimum Gasteiger partial charge on any atom is -0.333 e. The molecule has 3 heterocycles. The Kier molecular flexibility index (Phi) is 4.76. The van der Waals surface area contributed by atoms with E-state index >= 15 is 0 Å². The molecule has 5 nitrogen and oxygen atoms in total. The van der Waals surface area contributed by atoms with Gasteiger partial charge in [0.1, 0.15) is 0 Å². The van der Waals surface area contributed by atoms with Crippen LogP contribution in [-0.4, -0.2) is 20.3 Å². The van der Waals surface area contributed by atoms with Crippen LogP contribution in [0.25, 0.3) is 5.69 Å². The number of aromatic nitrogens is 3. The Labute approximate surface area is 187 Å². The Morgan fingerprint density at radius 1 is 1.07 bits per heavy atom. The predicted molar refractivity (Wildman–Crippen MR) is 122 cm³/mol. The maximum absolute atomic E-state index is 13.6. The highest BCUT2D eigenvalue weighted by Gasteiger charge is 2.27. The van der Waals surface area contributed by atoms with Crippen molar-refractivity contribution in [3.63, 3.8) is 0 Å². The lowest BCUT2D eigenvalue weighted by molar-refractivity contribution is 0.0985. The molecule has 7 heteroatoms. The number of rotatable bonds is 2. The lowest BCUT2D eigenvalue weighted by Crippen LogP contribution is -2.30. The van der Waals surface area contributed by atoms with E-state index in [9.17, 15) is 4.79 Å². The van der Waals surface area contributed by atoms with E-state index in [4.69, 9.17) is 11.6 Å². The van der Waals surface area contributed by atoms with Crippen molar-refractivity contribution < 1.29 is 4.79 Å². The van der Waals surface area contributed by atoms with Gasteiger partial charge in [-0.1, -0.05) is 29.8 Å². The number of amides is 1. The topological polar surface area (TPSA) is 43.1 Å². The molecule has 1 aliphatic rings. The van der Waals surface area contributed by atoms with Crippen LogP contribution in [0.5, 0.6) is 0 Å². The summed E-state index contributed by atoms with van der Waals surface area (Å²) in [4.78, 5) is 15.4. The molecular weight excluding hydrogens is 464 g/mol. The molecule has 150 valence electrons. The molecule has 0 radical (unpaired) electrons. The summed E-state index contributed by atoms with van der Waals surface area (Å²) >= 11 is 10.2. The summed E-state index contributed by atoms with van der Waals surface area (Å²) in [7, 11) is 0. The average molecular weight is 482 g/mol. The molecule has 1 aliphatic heterocycles. The number of halogens is 2. The van der Waals surface area contributed by atoms with Gasteiger partial charge in [-0.15, -0.1) is 0 Å². The summed E-state index contributed by atoms with van der Waals surface area (Å²) in [5.41, 5.74) is 5.26. The van der Waals surface area contributed by atoms with Gasteiger partial charge in [-0.25, -0.2) is 4.68 Å². The van der Waals surface area contributed by atoms with E-state index in [0.29, 0.717) is 23.7 Å². The van der Waals surface area contributed by atoms with E-state index < -0.39 is 0 Å². The average Bonchev–Trinajstić information content (AvgIpc) is 3.27. The number of benzene rings is 2. The summed E-state index contributed by atoms with van der Waals surface area (Å²) in [6.45, 7) is 3.10. The fourth-order valence-electron chi connectivity index (χ4n) is 3.83. The van der Waals surface area contributed by atoms with Crippen LogP contribution in [0.1, 0.15) is 27.3 Å². The van der Waals surface area contributed by atoms with E-state index in [-0.39, 0.29) is 5.91 Å². The minimum atomic E-state index is -0.124. The summed E-state index contributed by atoms with van der Waals surface area (Å²) in [5.74, 6) is -0.124. The molecular formula is C23H18BrClN4O. The second-order valence-electron chi connectivity index (χ2n) is 7.32. The van der Waals surface area contributed by atoms with Gasteiger partial charge in [-0.3, -0.25) is 4.79 Å². The number of carbonyl (C=O) groups is 1. The number of hydrogen-bond donors (Lipinski definition) is 0. The molecule has 30 heavy (non-hydrogen) atoms. The van der Waals surface area contributed by atoms with Crippen LogP contribution in [0.2, 0.25) is 5.02 Å². The first-order chi connectivity index (χ1) is 14.5. The van der Waals surface area contributed by atoms with Gasteiger partial charge in [0.25, 0.3) is 5.91 Å². The van der Waals surface area contributed by atoms with Gasteiger partial charge in [-0.2, -0.15) is 5.10 Å². The molecule has 4 aromatic rings. The number of aryl methyl sites for hydroxylation is 1. The van der Waals surface area contributed by atoms with E-state index in [1.54, 1.807) is 21.7 Å². The summed E-state index contributed by atoms with van der Waals surface area (Å²) in [6, 6.07) is 19.4. The molecule has 2 aromatic carbocycles. The Bertz CT molecular complexity index is 1280. The molecule has 0 fully saturated rings. The number of carbonyl (C=O) groups excluding carboxylic acids is 1. The number of nitrogens with zero attached hydrogens (tertiary/aromatic N) is 4. The third-order valence-electron chi connectivity index (χ3n) is 5.36. The van der Waals surface area contributed by atoms with Crippen LogP contribution >= 0.6 is 27.5 Å². The molecule has 0 spiro atoms. The number of para-hydroxylation sites is 1. The van der Waals surface area contributed by atoms with Gasteiger partial charge in [0.2, 0.25) is 0 Å². The summed E-state index contributed by atoms with van der Waals surface area (Å²) in [5, 5.41) is 4.82. The van der Waals surface area contributed by atoms with Gasteiger partial charge in [-0.05, 0) is 70.9 Å². The first-order valence-corrected chi connectivity index (χ1v) is 10.7. The van der Waals surface area contributed by atoms with Crippen molar-refractivity contribution in [2.45, 2.75) is 20.0 Å². The van der Waals surface area contributed by atoms with Crippen LogP contribution in [-0.2, 0) is 13.1 Å². The fraction of sp³-hybridized carbons (Fsp3) is 0.130. The van der Waals surface area contributed by atoms with Gasteiger partial charge in [0, 0.05) is 17.6 Å². The maximum Gasteiger partial charge on any atom is 0.260 e. The quantitative estimate of drug-likeness (QED) is 0.374. The minimum absolute atomic E-state index is 0.124. The zero-order valence-electron chi connectivity index (χ0n) is 16.2. The first-order valence-electron chi connectivity index (χ1n) is 9.57. The standard InChI is InChI=1S/C23H18BrClN4O/c1-15-10-11-29(26-15)17-6-8-19(20(25)12-17)23(30)28-14-18-7-9-22(24)27(18)13-16-4-2-3-5-21(16)28/h2-12H,13-14H2,1H3. The molecule has 5 rings (SSSR count). The molecule has 0 saturated heterocycles. The highest BCUT2D eigenvalue weighted by Crippen LogP contribution is 2.32. The first kappa shape index (κ1) is 19.2. The molecule has 0 N–H and O–H groups in total. The van der Waals surface area contributed by atoms with Crippen molar-refractivity contribution in [1.82, 2.24) is 14.3 Å². The third kappa shape index (κ3) is 3.26. The largest absolute Gasteiger partial charge is 0.333 e. The van der Waals surface area contributed by atoms with Crippen LogP contribution in [0.15, 0.2) is 71.5 Å². The highest BCUT2D eigenvalue weighted by molar-refractivity contribution is 9.10. The highest BCUT2D eigenvalue weighted by atomic mass is 79.9. The van der Waals surface area contributed by atoms with Crippen LogP contribution in [0, 0.1) is 6.92 Å². The van der Waals surface area contributed by atoms with Gasteiger partial charge < -0.3 is 9.47 Å². The Balaban J connectivity index is 1.55. The van der Waals surface area contributed by atoms with Crippen molar-refractivity contribution in [2.24, 2.45) is 0 Å². The van der Waals surface area contributed by atoms with Gasteiger partial charge >= 0.3 is 0 Å². The van der Waals surface area contributed by atoms with Crippen molar-refractivity contribution >= 4 is 39.1 Å². The third-order valence-corrected chi connectivity index (χ3v) is 6.37. The Morgan fingerprint density at radius 3 is 2.67 bits per heavy atom. The van der Waals surface area contributed by atoms with Crippen LogP contribution in [0.4, 0.5) is 5.69 Å². The van der Waals surface area contributed by atoms with E-state index in [0.717, 1.165) is 32.9 Å². The Morgan fingerprint density at radius 2 is 1.90 bits per heavy atom. The van der Waals surface area contributed by atoms with Crippen molar-refractivity contribution in [3.8, 4) is 5.69 Å². The molecule has 1 amide bonds. The zero-order valence-corrected chi connectivity index (χ0v) is 18.6. The lowest BCUT2D eigenvalue weighted by atomic mass is 10.1. The summed E-state index contributed by atoms with van der Waals surface area (Å²) < 4.78 is 4.93. The lowest BCUT2D eigenvalue weighted by Gasteiger charge is -2.23. The van der Waals surface area contributed by atoms with Crippen LogP contribution < -0.4 is 4.90 Å². The number of hydrogen-bond acceptors (Lipinski definition) is 2. The second-order valence-corrected chi connectivity index (χ2v) is 8.54. The van der Waals surface area contributed by atoms with Crippen molar-refractivity contribution in [2.75, 3.05) is 4.90 Å². The fourth-order valence-corrected chi connectivity index (χ4v) is 4.57. The number of anilines is 1. The Hall–Kier alpha value is -2.83. The SMILES string of the molecule is Cc1ccn(-c2ccc(C(=O)N3Cc4ccc(Br)n4Cc4ccccc43)c(Cl)c2)n1. The molecule has 0 saturated carbocycles. The smallest absolute Gasteiger partial charge is 0.260 e. The predicted octanol–water partition coefficient (Wildman–Crippen LogP) is 5.61. The van der Waals surface area contributed by atoms with E-state index in [1.807, 2.05) is 55.6 Å².